The van der Waals surface area contributed by atoms with Gasteiger partial charge in [0.05, 0.1) is 12.3 Å². The van der Waals surface area contributed by atoms with E-state index in [1.54, 1.807) is 28.8 Å². The number of aromatic nitrogens is 3. The van der Waals surface area contributed by atoms with Crippen molar-refractivity contribution in [2.24, 2.45) is 0 Å². The van der Waals surface area contributed by atoms with Crippen molar-refractivity contribution in [3.8, 4) is 0 Å². The standard InChI is InChI=1S/C14H19N5O3S/c1-3-22-14(21)18-6-4-10(5-7-18)17-12(20)11-9(2)16-13-19(11)15-8-23-13/h8,10H,3-7H2,1-2H3,(H,17,20). The number of amides is 2. The second-order valence-corrected chi connectivity index (χ2v) is 6.22. The molecule has 9 heteroatoms. The number of aryl methyl sites for hydroxylation is 1. The lowest BCUT2D eigenvalue weighted by Crippen LogP contribution is -2.47. The fraction of sp³-hybridized carbons (Fsp3) is 0.571. The Balaban J connectivity index is 1.60. The van der Waals surface area contributed by atoms with Gasteiger partial charge in [-0.1, -0.05) is 11.3 Å². The minimum absolute atomic E-state index is 0.0387. The maximum absolute atomic E-state index is 12.5. The van der Waals surface area contributed by atoms with Crippen molar-refractivity contribution < 1.29 is 14.3 Å². The van der Waals surface area contributed by atoms with Crippen LogP contribution >= 0.6 is 11.3 Å². The number of nitrogens with one attached hydrogen (secondary N) is 1. The highest BCUT2D eigenvalue weighted by atomic mass is 32.1. The fourth-order valence-corrected chi connectivity index (χ4v) is 3.39. The first-order valence-corrected chi connectivity index (χ1v) is 8.49. The van der Waals surface area contributed by atoms with Crippen molar-refractivity contribution in [1.29, 1.82) is 0 Å². The summed E-state index contributed by atoms with van der Waals surface area (Å²) < 4.78 is 6.57. The predicted octanol–water partition coefficient (Wildman–Crippen LogP) is 1.45. The molecule has 1 fully saturated rings. The van der Waals surface area contributed by atoms with E-state index < -0.39 is 0 Å². The topological polar surface area (TPSA) is 88.8 Å². The second kappa shape index (κ2) is 6.53. The molecule has 0 aliphatic carbocycles. The Hall–Kier alpha value is -2.16. The summed E-state index contributed by atoms with van der Waals surface area (Å²) in [5.41, 5.74) is 2.82. The van der Waals surface area contributed by atoms with E-state index in [9.17, 15) is 9.59 Å². The van der Waals surface area contributed by atoms with Gasteiger partial charge in [-0.05, 0) is 26.7 Å². The van der Waals surface area contributed by atoms with E-state index in [2.05, 4.69) is 15.4 Å². The van der Waals surface area contributed by atoms with E-state index in [1.807, 2.05) is 0 Å². The van der Waals surface area contributed by atoms with Gasteiger partial charge in [-0.2, -0.15) is 9.61 Å². The van der Waals surface area contributed by atoms with Crippen LogP contribution in [-0.4, -0.2) is 57.2 Å². The first-order valence-electron chi connectivity index (χ1n) is 7.61. The average Bonchev–Trinajstić information content (AvgIpc) is 3.07. The molecule has 0 bridgehead atoms. The summed E-state index contributed by atoms with van der Waals surface area (Å²) in [7, 11) is 0. The van der Waals surface area contributed by atoms with Crippen LogP contribution in [0.15, 0.2) is 5.51 Å². The van der Waals surface area contributed by atoms with Crippen LogP contribution in [0.2, 0.25) is 0 Å². The minimum atomic E-state index is -0.284. The third-order valence-electron chi connectivity index (χ3n) is 3.89. The summed E-state index contributed by atoms with van der Waals surface area (Å²) in [4.78, 5) is 30.9. The lowest BCUT2D eigenvalue weighted by atomic mass is 10.1. The van der Waals surface area contributed by atoms with Gasteiger partial charge in [-0.3, -0.25) is 4.79 Å². The molecule has 1 N–H and O–H groups in total. The molecule has 0 aromatic carbocycles. The third-order valence-corrected chi connectivity index (χ3v) is 4.57. The molecule has 1 aliphatic heterocycles. The Kier molecular flexibility index (Phi) is 4.46. The summed E-state index contributed by atoms with van der Waals surface area (Å²) >= 11 is 1.40. The summed E-state index contributed by atoms with van der Waals surface area (Å²) in [6.07, 6.45) is 1.14. The zero-order valence-electron chi connectivity index (χ0n) is 13.1. The Bertz CT molecular complexity index is 717. The molecule has 2 aromatic rings. The van der Waals surface area contributed by atoms with Crippen LogP contribution in [0.4, 0.5) is 4.79 Å². The van der Waals surface area contributed by atoms with E-state index in [4.69, 9.17) is 4.74 Å². The molecule has 1 aliphatic rings. The number of imidazole rings is 1. The van der Waals surface area contributed by atoms with Gasteiger partial charge >= 0.3 is 6.09 Å². The summed E-state index contributed by atoms with van der Waals surface area (Å²) in [6.45, 7) is 5.14. The van der Waals surface area contributed by atoms with Crippen molar-refractivity contribution in [1.82, 2.24) is 24.8 Å². The summed E-state index contributed by atoms with van der Waals surface area (Å²) in [6, 6.07) is 0.0387. The number of carbonyl (C=O) groups excluding carboxylic acids is 2. The highest BCUT2D eigenvalue weighted by molar-refractivity contribution is 7.14. The lowest BCUT2D eigenvalue weighted by Gasteiger charge is -2.31. The van der Waals surface area contributed by atoms with Crippen LogP contribution in [0.1, 0.15) is 35.9 Å². The summed E-state index contributed by atoms with van der Waals surface area (Å²) in [5, 5.41) is 7.17. The number of hydrogen-bond acceptors (Lipinski definition) is 6. The molecule has 1 saturated heterocycles. The molecule has 2 aromatic heterocycles. The third kappa shape index (κ3) is 3.14. The van der Waals surface area contributed by atoms with Crippen molar-refractivity contribution in [3.05, 3.63) is 16.9 Å². The largest absolute Gasteiger partial charge is 0.450 e. The Morgan fingerprint density at radius 1 is 1.43 bits per heavy atom. The van der Waals surface area contributed by atoms with Gasteiger partial charge < -0.3 is 15.0 Å². The van der Waals surface area contributed by atoms with Gasteiger partial charge in [0, 0.05) is 19.1 Å². The maximum Gasteiger partial charge on any atom is 0.409 e. The van der Waals surface area contributed by atoms with E-state index in [1.165, 1.54) is 11.3 Å². The monoisotopic (exact) mass is 337 g/mol. The zero-order valence-corrected chi connectivity index (χ0v) is 13.9. The number of ether oxygens (including phenoxy) is 1. The molecule has 23 heavy (non-hydrogen) atoms. The predicted molar refractivity (Wildman–Crippen MR) is 84.7 cm³/mol. The molecule has 0 atom stereocenters. The van der Waals surface area contributed by atoms with Gasteiger partial charge in [0.2, 0.25) is 4.96 Å². The number of nitrogens with zero attached hydrogens (tertiary/aromatic N) is 4. The molecule has 2 amide bonds. The lowest BCUT2D eigenvalue weighted by molar-refractivity contribution is 0.0855. The first kappa shape index (κ1) is 15.7. The Labute approximate surface area is 137 Å². The Morgan fingerprint density at radius 2 is 2.17 bits per heavy atom. The van der Waals surface area contributed by atoms with Gasteiger partial charge in [0.25, 0.3) is 5.91 Å². The second-order valence-electron chi connectivity index (χ2n) is 5.41. The quantitative estimate of drug-likeness (QED) is 0.916. The van der Waals surface area contributed by atoms with Crippen molar-refractivity contribution >= 4 is 28.3 Å². The van der Waals surface area contributed by atoms with E-state index in [-0.39, 0.29) is 18.0 Å². The molecule has 0 saturated carbocycles. The van der Waals surface area contributed by atoms with E-state index in [0.29, 0.717) is 48.9 Å². The van der Waals surface area contributed by atoms with Crippen molar-refractivity contribution in [2.75, 3.05) is 19.7 Å². The summed E-state index contributed by atoms with van der Waals surface area (Å²) in [5.74, 6) is -0.171. The molecule has 0 radical (unpaired) electrons. The molecule has 3 heterocycles. The number of carbonyl (C=O) groups is 2. The van der Waals surface area contributed by atoms with Crippen LogP contribution < -0.4 is 5.32 Å². The fourth-order valence-electron chi connectivity index (χ4n) is 2.73. The minimum Gasteiger partial charge on any atom is -0.450 e. The molecule has 8 nitrogen and oxygen atoms in total. The molecule has 0 spiro atoms. The number of rotatable bonds is 3. The van der Waals surface area contributed by atoms with Gasteiger partial charge in [0.1, 0.15) is 5.51 Å². The van der Waals surface area contributed by atoms with Crippen LogP contribution in [-0.2, 0) is 4.74 Å². The maximum atomic E-state index is 12.5. The van der Waals surface area contributed by atoms with Gasteiger partial charge in [0.15, 0.2) is 5.69 Å². The highest BCUT2D eigenvalue weighted by Crippen LogP contribution is 2.16. The van der Waals surface area contributed by atoms with Crippen molar-refractivity contribution in [3.63, 3.8) is 0 Å². The molecule has 3 rings (SSSR count). The van der Waals surface area contributed by atoms with E-state index in [0.717, 1.165) is 0 Å². The number of hydrogen-bond donors (Lipinski definition) is 1. The van der Waals surface area contributed by atoms with E-state index >= 15 is 0 Å². The SMILES string of the molecule is CCOC(=O)N1CCC(NC(=O)c2c(C)nc3scnn23)CC1. The zero-order chi connectivity index (χ0) is 16.4. The molecular formula is C14H19N5O3S. The average molecular weight is 337 g/mol. The normalized spacial score (nSPS) is 15.8. The van der Waals surface area contributed by atoms with Gasteiger partial charge in [-0.15, -0.1) is 0 Å². The number of likely N-dealkylation sites (tertiary alicyclic amines) is 1. The first-order chi connectivity index (χ1) is 11.1. The van der Waals surface area contributed by atoms with Crippen LogP contribution in [0.25, 0.3) is 4.96 Å². The van der Waals surface area contributed by atoms with Crippen LogP contribution in [0.3, 0.4) is 0 Å². The number of piperidine rings is 1. The smallest absolute Gasteiger partial charge is 0.409 e. The molecule has 124 valence electrons. The van der Waals surface area contributed by atoms with Crippen LogP contribution in [0, 0.1) is 6.92 Å². The number of fused-ring (bicyclic) bond motifs is 1. The highest BCUT2D eigenvalue weighted by Gasteiger charge is 2.26. The molecular weight excluding hydrogens is 318 g/mol. The van der Waals surface area contributed by atoms with Crippen molar-refractivity contribution in [2.45, 2.75) is 32.7 Å². The van der Waals surface area contributed by atoms with Crippen LogP contribution in [0.5, 0.6) is 0 Å². The van der Waals surface area contributed by atoms with Gasteiger partial charge in [-0.25, -0.2) is 9.78 Å². The Morgan fingerprint density at radius 3 is 2.87 bits per heavy atom. The molecule has 0 unspecified atom stereocenters.